The fourth-order valence-electron chi connectivity index (χ4n) is 3.22. The van der Waals surface area contributed by atoms with Crippen molar-refractivity contribution in [1.29, 1.82) is 0 Å². The van der Waals surface area contributed by atoms with Crippen molar-refractivity contribution in [3.05, 3.63) is 0 Å². The Kier molecular flexibility index (Phi) is 5.60. The summed E-state index contributed by atoms with van der Waals surface area (Å²) >= 11 is 0. The Labute approximate surface area is 111 Å². The van der Waals surface area contributed by atoms with E-state index in [0.29, 0.717) is 12.1 Å². The minimum absolute atomic E-state index is 0.391. The van der Waals surface area contributed by atoms with Gasteiger partial charge in [-0.2, -0.15) is 0 Å². The molecule has 0 saturated heterocycles. The molecule has 0 aromatic rings. The van der Waals surface area contributed by atoms with Gasteiger partial charge in [-0.1, -0.05) is 13.8 Å². The van der Waals surface area contributed by atoms with Crippen LogP contribution in [-0.2, 0) is 4.79 Å². The molecule has 0 aliphatic heterocycles. The van der Waals surface area contributed by atoms with Crippen molar-refractivity contribution in [3.8, 4) is 0 Å². The van der Waals surface area contributed by atoms with Crippen LogP contribution in [0, 0.1) is 0 Å². The van der Waals surface area contributed by atoms with E-state index in [9.17, 15) is 9.90 Å². The average molecular weight is 256 g/mol. The summed E-state index contributed by atoms with van der Waals surface area (Å²) in [5.41, 5.74) is -0.718. The van der Waals surface area contributed by atoms with Crippen molar-refractivity contribution >= 4 is 5.97 Å². The maximum absolute atomic E-state index is 11.5. The summed E-state index contributed by atoms with van der Waals surface area (Å²) in [5, 5.41) is 12.5. The predicted molar refractivity (Wildman–Crippen MR) is 73.8 cm³/mol. The number of rotatable bonds is 6. The molecular weight excluding hydrogens is 228 g/mol. The molecule has 1 aliphatic rings. The van der Waals surface area contributed by atoms with E-state index in [0.717, 1.165) is 38.6 Å². The van der Waals surface area contributed by atoms with Crippen molar-refractivity contribution in [2.75, 3.05) is 13.6 Å². The Morgan fingerprint density at radius 2 is 2.22 bits per heavy atom. The Hall–Kier alpha value is -0.610. The Balaban J connectivity index is 2.81. The summed E-state index contributed by atoms with van der Waals surface area (Å²) < 4.78 is 0. The molecule has 106 valence electrons. The fourth-order valence-corrected chi connectivity index (χ4v) is 3.22. The Bertz CT molecular complexity index is 283. The molecule has 0 radical (unpaired) electrons. The molecular formula is C14H28N2O2. The van der Waals surface area contributed by atoms with E-state index in [1.54, 1.807) is 7.05 Å². The van der Waals surface area contributed by atoms with Gasteiger partial charge >= 0.3 is 5.97 Å². The van der Waals surface area contributed by atoms with Gasteiger partial charge in [0.05, 0.1) is 0 Å². The third kappa shape index (κ3) is 3.04. The van der Waals surface area contributed by atoms with Crippen LogP contribution in [0.4, 0.5) is 0 Å². The summed E-state index contributed by atoms with van der Waals surface area (Å²) in [7, 11) is 1.77. The normalized spacial score (nSPS) is 30.4. The monoisotopic (exact) mass is 256 g/mol. The number of hydrogen-bond acceptors (Lipinski definition) is 3. The zero-order chi connectivity index (χ0) is 13.8. The first-order valence-corrected chi connectivity index (χ1v) is 7.18. The van der Waals surface area contributed by atoms with Crippen LogP contribution in [-0.4, -0.2) is 47.2 Å². The topological polar surface area (TPSA) is 52.6 Å². The van der Waals surface area contributed by atoms with Crippen LogP contribution < -0.4 is 5.32 Å². The summed E-state index contributed by atoms with van der Waals surface area (Å²) in [6, 6.07) is 0.920. The van der Waals surface area contributed by atoms with Gasteiger partial charge in [-0.25, -0.2) is 0 Å². The number of carboxylic acids is 1. The lowest BCUT2D eigenvalue weighted by molar-refractivity contribution is -0.147. The zero-order valence-corrected chi connectivity index (χ0v) is 12.2. The smallest absolute Gasteiger partial charge is 0.323 e. The molecule has 4 heteroatoms. The quantitative estimate of drug-likeness (QED) is 0.764. The molecule has 18 heavy (non-hydrogen) atoms. The van der Waals surface area contributed by atoms with Gasteiger partial charge < -0.3 is 10.4 Å². The molecule has 0 aromatic carbocycles. The first-order valence-electron chi connectivity index (χ1n) is 7.18. The summed E-state index contributed by atoms with van der Waals surface area (Å²) in [4.78, 5) is 14.0. The Morgan fingerprint density at radius 3 is 2.67 bits per heavy atom. The maximum atomic E-state index is 11.5. The molecule has 4 nitrogen and oxygen atoms in total. The first kappa shape index (κ1) is 15.4. The molecule has 1 fully saturated rings. The van der Waals surface area contributed by atoms with Crippen molar-refractivity contribution in [2.45, 2.75) is 70.5 Å². The largest absolute Gasteiger partial charge is 0.480 e. The number of carbonyl (C=O) groups is 1. The second kappa shape index (κ2) is 6.53. The number of nitrogens with zero attached hydrogens (tertiary/aromatic N) is 1. The molecule has 1 saturated carbocycles. The lowest BCUT2D eigenvalue weighted by Gasteiger charge is -2.44. The summed E-state index contributed by atoms with van der Waals surface area (Å²) in [6.07, 6.45) is 4.69. The number of nitrogens with one attached hydrogen (secondary N) is 1. The van der Waals surface area contributed by atoms with Crippen molar-refractivity contribution in [2.24, 2.45) is 0 Å². The van der Waals surface area contributed by atoms with E-state index in [-0.39, 0.29) is 0 Å². The third-order valence-corrected chi connectivity index (χ3v) is 4.60. The van der Waals surface area contributed by atoms with Crippen molar-refractivity contribution < 1.29 is 9.90 Å². The minimum Gasteiger partial charge on any atom is -0.480 e. The van der Waals surface area contributed by atoms with E-state index in [1.165, 1.54) is 0 Å². The predicted octanol–water partition coefficient (Wildman–Crippen LogP) is 2.09. The lowest BCUT2D eigenvalue weighted by atomic mass is 9.78. The molecule has 1 aliphatic carbocycles. The highest BCUT2D eigenvalue weighted by Crippen LogP contribution is 2.32. The number of aliphatic carboxylic acids is 1. The van der Waals surface area contributed by atoms with E-state index < -0.39 is 11.5 Å². The molecule has 0 spiro atoms. The minimum atomic E-state index is -0.718. The zero-order valence-electron chi connectivity index (χ0n) is 12.2. The highest BCUT2D eigenvalue weighted by molar-refractivity contribution is 5.79. The van der Waals surface area contributed by atoms with E-state index in [2.05, 4.69) is 31.0 Å². The van der Waals surface area contributed by atoms with Crippen LogP contribution in [0.5, 0.6) is 0 Å². The van der Waals surface area contributed by atoms with Gasteiger partial charge in [0.15, 0.2) is 0 Å². The summed E-state index contributed by atoms with van der Waals surface area (Å²) in [5.74, 6) is -0.699. The van der Waals surface area contributed by atoms with Gasteiger partial charge in [-0.05, 0) is 52.6 Å². The van der Waals surface area contributed by atoms with E-state index in [4.69, 9.17) is 0 Å². The van der Waals surface area contributed by atoms with Crippen molar-refractivity contribution in [3.63, 3.8) is 0 Å². The van der Waals surface area contributed by atoms with Gasteiger partial charge in [-0.3, -0.25) is 9.69 Å². The van der Waals surface area contributed by atoms with Gasteiger partial charge in [0.25, 0.3) is 0 Å². The Morgan fingerprint density at radius 1 is 1.56 bits per heavy atom. The van der Waals surface area contributed by atoms with Crippen LogP contribution >= 0.6 is 0 Å². The average Bonchev–Trinajstić information content (AvgIpc) is 2.39. The molecule has 1 rings (SSSR count). The standard InChI is InChI=1S/C14H28N2O2/c1-5-11(3)16(6-2)12-8-7-9-14(10-12,15-4)13(17)18/h11-12,15H,5-10H2,1-4H3,(H,17,18). The van der Waals surface area contributed by atoms with Crippen LogP contribution in [0.15, 0.2) is 0 Å². The maximum Gasteiger partial charge on any atom is 0.323 e. The molecule has 3 atom stereocenters. The first-order chi connectivity index (χ1) is 8.50. The van der Waals surface area contributed by atoms with E-state index in [1.807, 2.05) is 0 Å². The molecule has 2 N–H and O–H groups in total. The second-order valence-corrected chi connectivity index (χ2v) is 5.48. The number of carboxylic acid groups (broad SMARTS) is 1. The van der Waals surface area contributed by atoms with E-state index >= 15 is 0 Å². The number of hydrogen-bond donors (Lipinski definition) is 2. The van der Waals surface area contributed by atoms with Gasteiger partial charge in [0, 0.05) is 12.1 Å². The molecule has 0 heterocycles. The SMILES string of the molecule is CCC(C)N(CC)C1CCCC(NC)(C(=O)O)C1. The number of likely N-dealkylation sites (N-methyl/N-ethyl adjacent to an activating group) is 1. The highest BCUT2D eigenvalue weighted by atomic mass is 16.4. The molecule has 0 aromatic heterocycles. The third-order valence-electron chi connectivity index (χ3n) is 4.60. The van der Waals surface area contributed by atoms with Crippen LogP contribution in [0.1, 0.15) is 52.9 Å². The van der Waals surface area contributed by atoms with Gasteiger partial charge in [-0.15, -0.1) is 0 Å². The lowest BCUT2D eigenvalue weighted by Crippen LogP contribution is -2.58. The molecule has 3 unspecified atom stereocenters. The van der Waals surface area contributed by atoms with Gasteiger partial charge in [0.1, 0.15) is 5.54 Å². The molecule has 0 bridgehead atoms. The van der Waals surface area contributed by atoms with Crippen LogP contribution in [0.2, 0.25) is 0 Å². The molecule has 0 amide bonds. The van der Waals surface area contributed by atoms with Crippen LogP contribution in [0.3, 0.4) is 0 Å². The highest BCUT2D eigenvalue weighted by Gasteiger charge is 2.43. The summed E-state index contributed by atoms with van der Waals surface area (Å²) in [6.45, 7) is 7.60. The van der Waals surface area contributed by atoms with Gasteiger partial charge in [0.2, 0.25) is 0 Å². The van der Waals surface area contributed by atoms with Crippen LogP contribution in [0.25, 0.3) is 0 Å². The van der Waals surface area contributed by atoms with Crippen molar-refractivity contribution in [1.82, 2.24) is 10.2 Å². The fraction of sp³-hybridized carbons (Fsp3) is 0.929. The second-order valence-electron chi connectivity index (χ2n) is 5.48.